The average molecular weight is 458 g/mol. The van der Waals surface area contributed by atoms with Gasteiger partial charge < -0.3 is 15.4 Å². The highest BCUT2D eigenvalue weighted by Crippen LogP contribution is 2.58. The maximum Gasteiger partial charge on any atom is 0.410 e. The van der Waals surface area contributed by atoms with Crippen LogP contribution >= 0.6 is 11.6 Å². The van der Waals surface area contributed by atoms with Crippen LogP contribution in [0.1, 0.15) is 32.4 Å². The van der Waals surface area contributed by atoms with Gasteiger partial charge in [-0.25, -0.2) is 9.78 Å². The van der Waals surface area contributed by atoms with Gasteiger partial charge in [0.25, 0.3) is 0 Å². The van der Waals surface area contributed by atoms with Crippen molar-refractivity contribution in [3.63, 3.8) is 0 Å². The third-order valence-corrected chi connectivity index (χ3v) is 5.80. The molecule has 0 aromatic carbocycles. The highest BCUT2D eigenvalue weighted by molar-refractivity contribution is 6.33. The Bertz CT molecular complexity index is 1010. The largest absolute Gasteiger partial charge is 0.444 e. The summed E-state index contributed by atoms with van der Waals surface area (Å²) in [7, 11) is 0. The van der Waals surface area contributed by atoms with Gasteiger partial charge in [0.2, 0.25) is 0 Å². The molecule has 7 nitrogen and oxygen atoms in total. The minimum atomic E-state index is -4.42. The Morgan fingerprint density at radius 1 is 1.26 bits per heavy atom. The first-order chi connectivity index (χ1) is 14.3. The van der Waals surface area contributed by atoms with Crippen LogP contribution in [0, 0.1) is 11.8 Å². The number of ether oxygens (including phenoxy) is 1. The summed E-state index contributed by atoms with van der Waals surface area (Å²) in [5.74, 6) is 0.202. The van der Waals surface area contributed by atoms with Gasteiger partial charge >= 0.3 is 12.3 Å². The molecule has 2 aromatic heterocycles. The maximum atomic E-state index is 13.2. The molecule has 3 atom stereocenters. The van der Waals surface area contributed by atoms with E-state index < -0.39 is 24.4 Å². The molecule has 31 heavy (non-hydrogen) atoms. The first kappa shape index (κ1) is 21.7. The molecular formula is C20H23ClF3N5O2. The van der Waals surface area contributed by atoms with Gasteiger partial charge in [-0.05, 0) is 44.7 Å². The Balaban J connectivity index is 1.56. The second-order valence-corrected chi connectivity index (χ2v) is 9.46. The number of piperidine rings is 1. The lowest BCUT2D eigenvalue weighted by molar-refractivity contribution is -0.143. The van der Waals surface area contributed by atoms with Crippen LogP contribution in [-0.4, -0.2) is 50.6 Å². The molecule has 3 heterocycles. The van der Waals surface area contributed by atoms with Crippen LogP contribution in [-0.2, 0) is 11.3 Å². The van der Waals surface area contributed by atoms with Gasteiger partial charge in [0.1, 0.15) is 18.0 Å². The number of anilines is 1. The van der Waals surface area contributed by atoms with Crippen LogP contribution in [0.15, 0.2) is 18.3 Å². The summed E-state index contributed by atoms with van der Waals surface area (Å²) < 4.78 is 45.9. The van der Waals surface area contributed by atoms with Crippen molar-refractivity contribution in [2.45, 2.75) is 45.0 Å². The lowest BCUT2D eigenvalue weighted by atomic mass is 10.1. The molecule has 0 radical (unpaired) electrons. The van der Waals surface area contributed by atoms with Crippen molar-refractivity contribution >= 4 is 23.5 Å². The number of nitrogens with two attached hydrogens (primary N) is 1. The molecule has 1 saturated heterocycles. The smallest absolute Gasteiger partial charge is 0.410 e. The average Bonchev–Trinajstić information content (AvgIpc) is 2.97. The van der Waals surface area contributed by atoms with Gasteiger partial charge in [-0.3, -0.25) is 4.68 Å². The van der Waals surface area contributed by atoms with E-state index in [9.17, 15) is 18.0 Å². The zero-order chi connectivity index (χ0) is 22.7. The van der Waals surface area contributed by atoms with Crippen LogP contribution in [0.2, 0.25) is 5.02 Å². The number of hydrogen-bond donors (Lipinski definition) is 1. The quantitative estimate of drug-likeness (QED) is 0.741. The standard InChI is InChI=1S/C20H23ClF3N5O2/c1-19(2,3)31-18(30)28-7-11-12(8-28)16(11)15-5-14(27-29(15)9-20(22,23)24)10-4-13(21)17(25)26-6-10/h4-6,11-12,16H,7-9H2,1-3H3,(H2,25,26)/t11-,12+,16+. The van der Waals surface area contributed by atoms with Gasteiger partial charge in [-0.2, -0.15) is 18.3 Å². The second-order valence-electron chi connectivity index (χ2n) is 9.06. The predicted molar refractivity (Wildman–Crippen MR) is 108 cm³/mol. The molecule has 2 fully saturated rings. The molecule has 2 N–H and O–H groups in total. The Morgan fingerprint density at radius 2 is 1.90 bits per heavy atom. The number of hydrogen-bond acceptors (Lipinski definition) is 5. The van der Waals surface area contributed by atoms with E-state index in [4.69, 9.17) is 22.1 Å². The molecular weight excluding hydrogens is 435 g/mol. The fourth-order valence-electron chi connectivity index (χ4n) is 4.17. The van der Waals surface area contributed by atoms with Crippen LogP contribution in [0.25, 0.3) is 11.3 Å². The normalized spacial score (nSPS) is 23.1. The van der Waals surface area contributed by atoms with Crippen molar-refractivity contribution in [3.05, 3.63) is 29.0 Å². The van der Waals surface area contributed by atoms with E-state index in [1.54, 1.807) is 31.7 Å². The number of alkyl halides is 3. The van der Waals surface area contributed by atoms with E-state index in [-0.39, 0.29) is 28.6 Å². The fraction of sp³-hybridized carbons (Fsp3) is 0.550. The lowest BCUT2D eigenvalue weighted by Crippen LogP contribution is -2.37. The van der Waals surface area contributed by atoms with E-state index in [0.29, 0.717) is 30.0 Å². The van der Waals surface area contributed by atoms with Crippen molar-refractivity contribution in [3.8, 4) is 11.3 Å². The number of fused-ring (bicyclic) bond motifs is 1. The molecule has 0 spiro atoms. The molecule has 2 aromatic rings. The molecule has 0 bridgehead atoms. The number of amides is 1. The van der Waals surface area contributed by atoms with Crippen LogP contribution in [0.5, 0.6) is 0 Å². The van der Waals surface area contributed by atoms with E-state index in [1.807, 2.05) is 0 Å². The van der Waals surface area contributed by atoms with Gasteiger partial charge in [0, 0.05) is 36.5 Å². The van der Waals surface area contributed by atoms with Gasteiger partial charge in [-0.15, -0.1) is 0 Å². The van der Waals surface area contributed by atoms with Crippen molar-refractivity contribution < 1.29 is 22.7 Å². The first-order valence-electron chi connectivity index (χ1n) is 9.86. The van der Waals surface area contributed by atoms with Crippen LogP contribution in [0.4, 0.5) is 23.8 Å². The molecule has 2 aliphatic rings. The highest BCUT2D eigenvalue weighted by Gasteiger charge is 2.59. The van der Waals surface area contributed by atoms with Crippen molar-refractivity contribution in [2.75, 3.05) is 18.8 Å². The molecule has 168 valence electrons. The first-order valence-corrected chi connectivity index (χ1v) is 10.2. The van der Waals surface area contributed by atoms with Crippen LogP contribution < -0.4 is 5.73 Å². The van der Waals surface area contributed by atoms with Gasteiger partial charge in [0.15, 0.2) is 0 Å². The summed E-state index contributed by atoms with van der Waals surface area (Å²) in [5.41, 5.74) is 6.36. The minimum absolute atomic E-state index is 0.0807. The SMILES string of the molecule is CC(C)(C)OC(=O)N1C[C@@H]2[C@H](C1)[C@H]2c1cc(-c2cnc(N)c(Cl)c2)nn1CC(F)(F)F. The van der Waals surface area contributed by atoms with Gasteiger partial charge in [-0.1, -0.05) is 11.6 Å². The third kappa shape index (κ3) is 4.58. The second kappa shape index (κ2) is 7.29. The Kier molecular flexibility index (Phi) is 5.11. The number of rotatable bonds is 3. The van der Waals surface area contributed by atoms with Gasteiger partial charge in [0.05, 0.1) is 10.7 Å². The molecule has 1 amide bonds. The van der Waals surface area contributed by atoms with Crippen molar-refractivity contribution in [1.82, 2.24) is 19.7 Å². The fourth-order valence-corrected chi connectivity index (χ4v) is 4.33. The van der Waals surface area contributed by atoms with Crippen molar-refractivity contribution in [2.24, 2.45) is 11.8 Å². The lowest BCUT2D eigenvalue weighted by Gasteiger charge is -2.26. The monoisotopic (exact) mass is 457 g/mol. The summed E-state index contributed by atoms with van der Waals surface area (Å²) in [6.07, 6.45) is -3.38. The number of nitrogen functional groups attached to an aromatic ring is 1. The van der Waals surface area contributed by atoms with E-state index in [1.165, 1.54) is 12.3 Å². The minimum Gasteiger partial charge on any atom is -0.444 e. The molecule has 0 unspecified atom stereocenters. The van der Waals surface area contributed by atoms with E-state index in [2.05, 4.69) is 10.1 Å². The Hall–Kier alpha value is -2.49. The predicted octanol–water partition coefficient (Wildman–Crippen LogP) is 4.32. The molecule has 1 aliphatic heterocycles. The van der Waals surface area contributed by atoms with Crippen LogP contribution in [0.3, 0.4) is 0 Å². The number of carbonyl (C=O) groups is 1. The summed E-state index contributed by atoms with van der Waals surface area (Å²) in [6.45, 7) is 5.09. The summed E-state index contributed by atoms with van der Waals surface area (Å²) in [6, 6.07) is 3.18. The molecule has 11 heteroatoms. The van der Waals surface area contributed by atoms with E-state index >= 15 is 0 Å². The van der Waals surface area contributed by atoms with E-state index in [0.717, 1.165) is 4.68 Å². The molecule has 1 saturated carbocycles. The summed E-state index contributed by atoms with van der Waals surface area (Å²) in [4.78, 5) is 17.9. The number of carbonyl (C=O) groups excluding carboxylic acids is 1. The Morgan fingerprint density at radius 3 is 2.45 bits per heavy atom. The number of likely N-dealkylation sites (tertiary alicyclic amines) is 1. The summed E-state index contributed by atoms with van der Waals surface area (Å²) in [5, 5.41) is 4.39. The highest BCUT2D eigenvalue weighted by atomic mass is 35.5. The third-order valence-electron chi connectivity index (χ3n) is 5.49. The summed E-state index contributed by atoms with van der Waals surface area (Å²) >= 11 is 6.01. The number of halogens is 4. The number of aromatic nitrogens is 3. The zero-order valence-corrected chi connectivity index (χ0v) is 18.0. The molecule has 4 rings (SSSR count). The number of nitrogens with zero attached hydrogens (tertiary/aromatic N) is 4. The Labute approximate surface area is 182 Å². The topological polar surface area (TPSA) is 86.3 Å². The van der Waals surface area contributed by atoms with Crippen molar-refractivity contribution in [1.29, 1.82) is 0 Å². The zero-order valence-electron chi connectivity index (χ0n) is 17.3. The number of pyridine rings is 1. The maximum absolute atomic E-state index is 13.2. The molecule has 1 aliphatic carbocycles.